The normalized spacial score (nSPS) is 13.4. The minimum absolute atomic E-state index is 0.237. The maximum atomic E-state index is 13.6. The summed E-state index contributed by atoms with van der Waals surface area (Å²) in [5, 5.41) is 9.06. The number of nitrogens with zero attached hydrogens (tertiary/aromatic N) is 4. The van der Waals surface area contributed by atoms with E-state index in [1.165, 1.54) is 24.3 Å². The summed E-state index contributed by atoms with van der Waals surface area (Å²) >= 11 is 0. The first-order valence-corrected chi connectivity index (χ1v) is 10.6. The molecule has 0 aliphatic carbocycles. The molecular weight excluding hydrogens is 419 g/mol. The molecule has 2 aromatic carbocycles. The van der Waals surface area contributed by atoms with Gasteiger partial charge in [0.15, 0.2) is 0 Å². The maximum absolute atomic E-state index is 13.6. The molecule has 0 spiro atoms. The van der Waals surface area contributed by atoms with Crippen LogP contribution in [0.15, 0.2) is 78.8 Å². The van der Waals surface area contributed by atoms with Gasteiger partial charge in [0.25, 0.3) is 11.8 Å². The van der Waals surface area contributed by atoms with E-state index in [0.29, 0.717) is 36.3 Å². The number of hydrogen-bond acceptors (Lipinski definition) is 5. The molecule has 2 heterocycles. The fourth-order valence-corrected chi connectivity index (χ4v) is 3.85. The maximum Gasteiger partial charge on any atom is 0.282 e. The van der Waals surface area contributed by atoms with Crippen LogP contribution in [0, 0.1) is 17.1 Å². The number of imide groups is 1. The summed E-state index contributed by atoms with van der Waals surface area (Å²) < 4.78 is 13.6. The van der Waals surface area contributed by atoms with Crippen molar-refractivity contribution >= 4 is 23.1 Å². The fraction of sp³-hybridized carbons (Fsp3) is 0.154. The molecule has 6 nitrogen and oxygen atoms in total. The summed E-state index contributed by atoms with van der Waals surface area (Å²) in [6.07, 6.45) is 4.09. The molecule has 33 heavy (non-hydrogen) atoms. The number of pyridine rings is 1. The van der Waals surface area contributed by atoms with Crippen LogP contribution in [0.4, 0.5) is 10.1 Å². The highest BCUT2D eigenvalue weighted by Crippen LogP contribution is 2.35. The summed E-state index contributed by atoms with van der Waals surface area (Å²) in [4.78, 5) is 34.1. The topological polar surface area (TPSA) is 77.3 Å². The van der Waals surface area contributed by atoms with Gasteiger partial charge in [0.05, 0.1) is 22.9 Å². The van der Waals surface area contributed by atoms with Gasteiger partial charge in [-0.1, -0.05) is 12.1 Å². The van der Waals surface area contributed by atoms with Crippen molar-refractivity contribution < 1.29 is 14.0 Å². The van der Waals surface area contributed by atoms with E-state index in [2.05, 4.69) is 4.98 Å². The third-order valence-corrected chi connectivity index (χ3v) is 5.56. The van der Waals surface area contributed by atoms with E-state index in [0.717, 1.165) is 10.5 Å². The standard InChI is InChI=1S/C26H21FN4O2/c1-2-30(16-13-18-11-14-29-15-12-18)24-23(20-5-7-21(27)8-6-20)25(32)31(26(24)33)22-9-3-19(17-28)4-10-22/h3-12,14-15H,2,13,16H2,1H3. The summed E-state index contributed by atoms with van der Waals surface area (Å²) in [7, 11) is 0. The summed E-state index contributed by atoms with van der Waals surface area (Å²) in [5.41, 5.74) is 2.87. The quantitative estimate of drug-likeness (QED) is 0.520. The zero-order chi connectivity index (χ0) is 23.4. The van der Waals surface area contributed by atoms with Gasteiger partial charge in [0, 0.05) is 25.5 Å². The number of aromatic nitrogens is 1. The van der Waals surface area contributed by atoms with Gasteiger partial charge in [0.1, 0.15) is 11.5 Å². The third kappa shape index (κ3) is 4.37. The van der Waals surface area contributed by atoms with Gasteiger partial charge in [-0.15, -0.1) is 0 Å². The zero-order valence-corrected chi connectivity index (χ0v) is 18.0. The van der Waals surface area contributed by atoms with Crippen LogP contribution in [0.1, 0.15) is 23.6 Å². The Morgan fingerprint density at radius 2 is 1.64 bits per heavy atom. The third-order valence-electron chi connectivity index (χ3n) is 5.56. The highest BCUT2D eigenvalue weighted by atomic mass is 19.1. The summed E-state index contributed by atoms with van der Waals surface area (Å²) in [5.74, 6) is -1.35. The second-order valence-electron chi connectivity index (χ2n) is 7.52. The molecule has 0 radical (unpaired) electrons. The Labute approximate surface area is 191 Å². The van der Waals surface area contributed by atoms with Crippen LogP contribution in [-0.2, 0) is 16.0 Å². The molecule has 1 aliphatic heterocycles. The molecule has 4 rings (SSSR count). The van der Waals surface area contributed by atoms with Crippen LogP contribution < -0.4 is 4.90 Å². The lowest BCUT2D eigenvalue weighted by molar-refractivity contribution is -0.120. The summed E-state index contributed by atoms with van der Waals surface area (Å²) in [6, 6.07) is 17.7. The van der Waals surface area contributed by atoms with Crippen LogP contribution in [-0.4, -0.2) is 34.8 Å². The molecule has 3 aromatic rings. The Morgan fingerprint density at radius 3 is 2.24 bits per heavy atom. The smallest absolute Gasteiger partial charge is 0.282 e. The monoisotopic (exact) mass is 440 g/mol. The highest BCUT2D eigenvalue weighted by molar-refractivity contribution is 6.45. The minimum Gasteiger partial charge on any atom is -0.366 e. The SMILES string of the molecule is CCN(CCc1ccncc1)C1=C(c2ccc(F)cc2)C(=O)N(c2ccc(C#N)cc2)C1=O. The Bertz CT molecular complexity index is 1250. The van der Waals surface area contributed by atoms with Gasteiger partial charge in [-0.3, -0.25) is 14.6 Å². The van der Waals surface area contributed by atoms with E-state index in [9.17, 15) is 14.0 Å². The molecule has 0 saturated heterocycles. The molecule has 1 aromatic heterocycles. The Morgan fingerprint density at radius 1 is 0.970 bits per heavy atom. The Kier molecular flexibility index (Phi) is 6.27. The number of amides is 2. The first kappa shape index (κ1) is 21.9. The van der Waals surface area contributed by atoms with Crippen molar-refractivity contribution in [3.8, 4) is 6.07 Å². The number of carbonyl (C=O) groups is 2. The molecule has 2 amide bonds. The number of rotatable bonds is 7. The van der Waals surface area contributed by atoms with E-state index < -0.39 is 17.6 Å². The molecule has 1 aliphatic rings. The van der Waals surface area contributed by atoms with Gasteiger partial charge in [-0.2, -0.15) is 5.26 Å². The molecule has 0 N–H and O–H groups in total. The fourth-order valence-electron chi connectivity index (χ4n) is 3.85. The average molecular weight is 440 g/mol. The van der Waals surface area contributed by atoms with Crippen molar-refractivity contribution in [2.45, 2.75) is 13.3 Å². The van der Waals surface area contributed by atoms with Crippen molar-refractivity contribution in [1.82, 2.24) is 9.88 Å². The first-order valence-electron chi connectivity index (χ1n) is 10.6. The molecule has 164 valence electrons. The lowest BCUT2D eigenvalue weighted by atomic mass is 10.0. The first-order chi connectivity index (χ1) is 16.0. The lowest BCUT2D eigenvalue weighted by Gasteiger charge is -2.25. The second-order valence-corrected chi connectivity index (χ2v) is 7.52. The van der Waals surface area contributed by atoms with Crippen molar-refractivity contribution in [2.75, 3.05) is 18.0 Å². The van der Waals surface area contributed by atoms with Crippen molar-refractivity contribution in [3.63, 3.8) is 0 Å². The van der Waals surface area contributed by atoms with Crippen molar-refractivity contribution in [2.24, 2.45) is 0 Å². The molecule has 0 bridgehead atoms. The number of carbonyl (C=O) groups excluding carboxylic acids is 2. The van der Waals surface area contributed by atoms with Crippen LogP contribution in [0.3, 0.4) is 0 Å². The van der Waals surface area contributed by atoms with Gasteiger partial charge in [-0.25, -0.2) is 9.29 Å². The number of anilines is 1. The van der Waals surface area contributed by atoms with Crippen LogP contribution in [0.25, 0.3) is 5.57 Å². The zero-order valence-electron chi connectivity index (χ0n) is 18.0. The predicted molar refractivity (Wildman–Crippen MR) is 122 cm³/mol. The van der Waals surface area contributed by atoms with Crippen LogP contribution in [0.2, 0.25) is 0 Å². The van der Waals surface area contributed by atoms with Crippen molar-refractivity contribution in [1.29, 1.82) is 5.26 Å². The number of halogens is 1. The largest absolute Gasteiger partial charge is 0.366 e. The Hall–Kier alpha value is -4.31. The average Bonchev–Trinajstić information content (AvgIpc) is 3.11. The van der Waals surface area contributed by atoms with Crippen LogP contribution in [0.5, 0.6) is 0 Å². The van der Waals surface area contributed by atoms with E-state index in [1.807, 2.05) is 30.0 Å². The predicted octanol–water partition coefficient (Wildman–Crippen LogP) is 3.94. The van der Waals surface area contributed by atoms with Gasteiger partial charge >= 0.3 is 0 Å². The molecule has 0 fully saturated rings. The molecule has 7 heteroatoms. The number of likely N-dealkylation sites (N-methyl/N-ethyl adjacent to an activating group) is 1. The number of nitriles is 1. The van der Waals surface area contributed by atoms with E-state index in [4.69, 9.17) is 5.26 Å². The molecule has 0 unspecified atom stereocenters. The summed E-state index contributed by atoms with van der Waals surface area (Å²) in [6.45, 7) is 2.94. The lowest BCUT2D eigenvalue weighted by Crippen LogP contribution is -2.36. The van der Waals surface area contributed by atoms with E-state index >= 15 is 0 Å². The number of hydrogen-bond donors (Lipinski definition) is 0. The minimum atomic E-state index is -0.478. The van der Waals surface area contributed by atoms with Gasteiger partial charge in [-0.05, 0) is 73.0 Å². The Balaban J connectivity index is 1.75. The number of benzene rings is 2. The molecular formula is C26H21FN4O2. The molecule has 0 atom stereocenters. The van der Waals surface area contributed by atoms with Crippen molar-refractivity contribution in [3.05, 3.63) is 101 Å². The van der Waals surface area contributed by atoms with E-state index in [1.54, 1.807) is 36.7 Å². The van der Waals surface area contributed by atoms with Gasteiger partial charge < -0.3 is 4.90 Å². The second kappa shape index (κ2) is 9.45. The highest BCUT2D eigenvalue weighted by Gasteiger charge is 2.42. The van der Waals surface area contributed by atoms with Crippen LogP contribution >= 0.6 is 0 Å². The molecule has 0 saturated carbocycles. The van der Waals surface area contributed by atoms with Gasteiger partial charge in [0.2, 0.25) is 0 Å². The van der Waals surface area contributed by atoms with E-state index in [-0.39, 0.29) is 11.3 Å².